The summed E-state index contributed by atoms with van der Waals surface area (Å²) < 4.78 is 11.6. The number of amides is 2. The number of hydrogen-bond acceptors (Lipinski definition) is 6. The van der Waals surface area contributed by atoms with Gasteiger partial charge < -0.3 is 24.6 Å². The van der Waals surface area contributed by atoms with Crippen LogP contribution in [0.3, 0.4) is 0 Å². The van der Waals surface area contributed by atoms with Gasteiger partial charge in [-0.1, -0.05) is 23.5 Å². The van der Waals surface area contributed by atoms with Gasteiger partial charge >= 0.3 is 6.03 Å². The van der Waals surface area contributed by atoms with Crippen LogP contribution >= 0.6 is 11.3 Å². The van der Waals surface area contributed by atoms with Crippen molar-refractivity contribution in [1.29, 1.82) is 0 Å². The number of aromatic nitrogens is 1. The lowest BCUT2D eigenvalue weighted by Gasteiger charge is -2.34. The first-order valence-corrected chi connectivity index (χ1v) is 10.3. The average Bonchev–Trinajstić information content (AvgIpc) is 3.21. The van der Waals surface area contributed by atoms with Crippen LogP contribution in [0.15, 0.2) is 42.5 Å². The maximum absolute atomic E-state index is 12.5. The van der Waals surface area contributed by atoms with Crippen molar-refractivity contribution in [2.75, 3.05) is 45.3 Å². The van der Waals surface area contributed by atoms with E-state index in [0.29, 0.717) is 19.6 Å². The molecule has 0 radical (unpaired) electrons. The van der Waals surface area contributed by atoms with Crippen LogP contribution in [0.4, 0.5) is 9.93 Å². The average molecular weight is 413 g/mol. The van der Waals surface area contributed by atoms with Crippen LogP contribution in [0.1, 0.15) is 5.56 Å². The number of fused-ring (bicyclic) bond motifs is 1. The topological polar surface area (TPSA) is 66.9 Å². The number of piperazine rings is 1. The van der Waals surface area contributed by atoms with Gasteiger partial charge in [-0.25, -0.2) is 9.78 Å². The predicted octanol–water partition coefficient (Wildman–Crippen LogP) is 3.35. The minimum Gasteiger partial charge on any atom is -0.497 e. The Morgan fingerprint density at radius 1 is 1.03 bits per heavy atom. The van der Waals surface area contributed by atoms with E-state index in [1.54, 1.807) is 25.6 Å². The lowest BCUT2D eigenvalue weighted by atomic mass is 10.2. The zero-order valence-corrected chi connectivity index (χ0v) is 17.4. The third-order valence-electron chi connectivity index (χ3n) is 5.02. The molecule has 29 heavy (non-hydrogen) atoms. The number of nitrogens with one attached hydrogen (secondary N) is 1. The Morgan fingerprint density at radius 3 is 2.41 bits per heavy atom. The molecule has 4 rings (SSSR count). The second kappa shape index (κ2) is 8.57. The number of nitrogens with zero attached hydrogens (tertiary/aromatic N) is 3. The highest BCUT2D eigenvalue weighted by Crippen LogP contribution is 2.31. The van der Waals surface area contributed by atoms with E-state index in [1.165, 1.54) is 0 Å². The van der Waals surface area contributed by atoms with E-state index in [4.69, 9.17) is 14.5 Å². The van der Waals surface area contributed by atoms with Gasteiger partial charge in [-0.05, 0) is 35.9 Å². The summed E-state index contributed by atoms with van der Waals surface area (Å²) in [6, 6.07) is 13.6. The molecule has 152 valence electrons. The summed E-state index contributed by atoms with van der Waals surface area (Å²) in [5, 5.41) is 3.99. The molecule has 3 aromatic rings. The van der Waals surface area contributed by atoms with Crippen LogP contribution in [-0.2, 0) is 6.54 Å². The van der Waals surface area contributed by atoms with Gasteiger partial charge in [0.15, 0.2) is 5.13 Å². The molecule has 1 aliphatic rings. The molecule has 0 spiro atoms. The number of thiazole rings is 1. The Morgan fingerprint density at radius 2 is 1.72 bits per heavy atom. The van der Waals surface area contributed by atoms with E-state index in [2.05, 4.69) is 10.2 Å². The molecule has 1 aliphatic heterocycles. The fourth-order valence-corrected chi connectivity index (χ4v) is 4.33. The number of anilines is 1. The van der Waals surface area contributed by atoms with Crippen LogP contribution in [0.25, 0.3) is 10.2 Å². The van der Waals surface area contributed by atoms with E-state index in [1.807, 2.05) is 47.4 Å². The van der Waals surface area contributed by atoms with Gasteiger partial charge in [0.1, 0.15) is 11.5 Å². The molecule has 2 amide bonds. The van der Waals surface area contributed by atoms with E-state index >= 15 is 0 Å². The van der Waals surface area contributed by atoms with Crippen LogP contribution < -0.4 is 19.7 Å². The molecule has 0 saturated carbocycles. The van der Waals surface area contributed by atoms with Gasteiger partial charge in [0.25, 0.3) is 0 Å². The third kappa shape index (κ3) is 4.37. The first-order chi connectivity index (χ1) is 14.2. The summed E-state index contributed by atoms with van der Waals surface area (Å²) in [5.74, 6) is 1.65. The molecule has 7 nitrogen and oxygen atoms in total. The lowest BCUT2D eigenvalue weighted by molar-refractivity contribution is 0.194. The van der Waals surface area contributed by atoms with Crippen molar-refractivity contribution in [1.82, 2.24) is 15.2 Å². The van der Waals surface area contributed by atoms with Crippen molar-refractivity contribution in [3.8, 4) is 11.5 Å². The first kappa shape index (κ1) is 19.3. The van der Waals surface area contributed by atoms with Gasteiger partial charge in [-0.3, -0.25) is 0 Å². The standard InChI is InChI=1S/C21H24N4O3S/c1-27-16-5-3-15(4-6-16)14-22-20(26)24-9-11-25(12-10-24)21-23-18-8-7-17(28-2)13-19(18)29-21/h3-8,13H,9-12,14H2,1-2H3,(H,22,26). The summed E-state index contributed by atoms with van der Waals surface area (Å²) in [6.45, 7) is 3.39. The number of carbonyl (C=O) groups is 1. The van der Waals surface area contributed by atoms with Crippen molar-refractivity contribution in [2.45, 2.75) is 6.54 Å². The monoisotopic (exact) mass is 412 g/mol. The fourth-order valence-electron chi connectivity index (χ4n) is 3.29. The molecule has 2 aromatic carbocycles. The van der Waals surface area contributed by atoms with E-state index in [9.17, 15) is 4.79 Å². The van der Waals surface area contributed by atoms with Gasteiger partial charge in [0, 0.05) is 32.7 Å². The minimum atomic E-state index is -0.0329. The zero-order valence-electron chi connectivity index (χ0n) is 16.6. The summed E-state index contributed by atoms with van der Waals surface area (Å²) >= 11 is 1.66. The van der Waals surface area contributed by atoms with Crippen molar-refractivity contribution >= 4 is 32.7 Å². The molecule has 0 atom stereocenters. The minimum absolute atomic E-state index is 0.0329. The Balaban J connectivity index is 1.31. The molecule has 2 heterocycles. The van der Waals surface area contributed by atoms with Crippen molar-refractivity contribution in [2.24, 2.45) is 0 Å². The number of hydrogen-bond donors (Lipinski definition) is 1. The smallest absolute Gasteiger partial charge is 0.317 e. The summed E-state index contributed by atoms with van der Waals surface area (Å²) in [6.07, 6.45) is 0. The molecule has 0 unspecified atom stereocenters. The maximum Gasteiger partial charge on any atom is 0.317 e. The first-order valence-electron chi connectivity index (χ1n) is 9.51. The van der Waals surface area contributed by atoms with Crippen LogP contribution in [0.5, 0.6) is 11.5 Å². The van der Waals surface area contributed by atoms with Crippen molar-refractivity contribution in [3.05, 3.63) is 48.0 Å². The second-order valence-corrected chi connectivity index (χ2v) is 7.82. The highest BCUT2D eigenvalue weighted by atomic mass is 32.1. The van der Waals surface area contributed by atoms with Crippen LogP contribution in [-0.4, -0.2) is 56.3 Å². The third-order valence-corrected chi connectivity index (χ3v) is 6.10. The summed E-state index contributed by atoms with van der Waals surface area (Å²) in [5.41, 5.74) is 2.02. The van der Waals surface area contributed by atoms with Gasteiger partial charge in [0.2, 0.25) is 0 Å². The predicted molar refractivity (Wildman–Crippen MR) is 115 cm³/mol. The molecule has 0 aliphatic carbocycles. The van der Waals surface area contributed by atoms with Crippen molar-refractivity contribution < 1.29 is 14.3 Å². The van der Waals surface area contributed by atoms with Gasteiger partial charge in [-0.15, -0.1) is 0 Å². The van der Waals surface area contributed by atoms with Gasteiger partial charge in [-0.2, -0.15) is 0 Å². The Labute approximate surface area is 173 Å². The molecule has 1 saturated heterocycles. The molecule has 1 N–H and O–H groups in total. The van der Waals surface area contributed by atoms with Crippen LogP contribution in [0, 0.1) is 0 Å². The Hall–Kier alpha value is -3.00. The Bertz CT molecular complexity index is 981. The molecule has 0 bridgehead atoms. The van der Waals surface area contributed by atoms with Crippen LogP contribution in [0.2, 0.25) is 0 Å². The van der Waals surface area contributed by atoms with Crippen molar-refractivity contribution in [3.63, 3.8) is 0 Å². The van der Waals surface area contributed by atoms with E-state index in [-0.39, 0.29) is 6.03 Å². The molecule has 1 fully saturated rings. The second-order valence-electron chi connectivity index (χ2n) is 6.81. The number of rotatable bonds is 5. The Kier molecular flexibility index (Phi) is 5.71. The summed E-state index contributed by atoms with van der Waals surface area (Å²) in [4.78, 5) is 21.3. The summed E-state index contributed by atoms with van der Waals surface area (Å²) in [7, 11) is 3.31. The maximum atomic E-state index is 12.5. The lowest BCUT2D eigenvalue weighted by Crippen LogP contribution is -2.51. The molecular formula is C21H24N4O3S. The normalized spacial score (nSPS) is 14.1. The molecule has 1 aromatic heterocycles. The zero-order chi connectivity index (χ0) is 20.2. The fraction of sp³-hybridized carbons (Fsp3) is 0.333. The largest absolute Gasteiger partial charge is 0.497 e. The number of urea groups is 1. The van der Waals surface area contributed by atoms with E-state index < -0.39 is 0 Å². The SMILES string of the molecule is COc1ccc(CNC(=O)N2CCN(c3nc4ccc(OC)cc4s3)CC2)cc1. The van der Waals surface area contributed by atoms with E-state index in [0.717, 1.165) is 45.5 Å². The quantitative estimate of drug-likeness (QED) is 0.696. The number of benzene rings is 2. The molecule has 8 heteroatoms. The highest BCUT2D eigenvalue weighted by Gasteiger charge is 2.23. The highest BCUT2D eigenvalue weighted by molar-refractivity contribution is 7.22. The number of ether oxygens (including phenoxy) is 2. The molecular weight excluding hydrogens is 388 g/mol. The van der Waals surface area contributed by atoms with Gasteiger partial charge in [0.05, 0.1) is 24.4 Å². The number of methoxy groups -OCH3 is 2. The number of carbonyl (C=O) groups excluding carboxylic acids is 1.